The molecule has 0 radical (unpaired) electrons. The number of halogens is 3. The molecule has 2 fully saturated rings. The van der Waals surface area contributed by atoms with Crippen LogP contribution in [0.1, 0.15) is 19.3 Å². The highest BCUT2D eigenvalue weighted by molar-refractivity contribution is 9.10. The van der Waals surface area contributed by atoms with Crippen molar-refractivity contribution in [3.05, 3.63) is 26.7 Å². The molecule has 1 spiro atoms. The highest BCUT2D eigenvalue weighted by Crippen LogP contribution is 2.38. The molecule has 3 nitrogen and oxygen atoms in total. The summed E-state index contributed by atoms with van der Waals surface area (Å²) in [5.41, 5.74) is 0.766. The first kappa shape index (κ1) is 14.9. The van der Waals surface area contributed by atoms with Gasteiger partial charge in [0.2, 0.25) is 0 Å². The van der Waals surface area contributed by atoms with E-state index in [2.05, 4.69) is 21.2 Å². The van der Waals surface area contributed by atoms with E-state index in [1.54, 1.807) is 0 Å². The van der Waals surface area contributed by atoms with Crippen molar-refractivity contribution in [2.45, 2.75) is 30.9 Å². The van der Waals surface area contributed by atoms with Crippen molar-refractivity contribution in [2.75, 3.05) is 25.1 Å². The zero-order valence-electron chi connectivity index (χ0n) is 10.9. The summed E-state index contributed by atoms with van der Waals surface area (Å²) in [4.78, 5) is 0. The van der Waals surface area contributed by atoms with Gasteiger partial charge in [-0.05, 0) is 40.9 Å². The van der Waals surface area contributed by atoms with Gasteiger partial charge in [0.25, 0.3) is 0 Å². The topological polar surface area (TPSA) is 30.5 Å². The van der Waals surface area contributed by atoms with E-state index in [1.165, 1.54) is 0 Å². The summed E-state index contributed by atoms with van der Waals surface area (Å²) in [7, 11) is 0. The minimum Gasteiger partial charge on any atom is -0.381 e. The van der Waals surface area contributed by atoms with Crippen molar-refractivity contribution >= 4 is 44.8 Å². The monoisotopic (exact) mass is 379 g/mol. The lowest BCUT2D eigenvalue weighted by Crippen LogP contribution is -2.44. The SMILES string of the molecule is Clc1c(Br)ccc(NC2CCOC3(CCOC3)C2)c1Cl. The van der Waals surface area contributed by atoms with Crippen LogP contribution in [0.25, 0.3) is 0 Å². The molecule has 2 aliphatic heterocycles. The van der Waals surface area contributed by atoms with Crippen molar-refractivity contribution < 1.29 is 9.47 Å². The van der Waals surface area contributed by atoms with Gasteiger partial charge in [0, 0.05) is 30.1 Å². The average Bonchev–Trinajstić information content (AvgIpc) is 2.88. The van der Waals surface area contributed by atoms with E-state index in [1.807, 2.05) is 12.1 Å². The molecule has 0 aromatic heterocycles. The molecule has 2 aliphatic rings. The van der Waals surface area contributed by atoms with Crippen LogP contribution in [0.5, 0.6) is 0 Å². The quantitative estimate of drug-likeness (QED) is 0.766. The summed E-state index contributed by atoms with van der Waals surface area (Å²) in [6, 6.07) is 4.19. The van der Waals surface area contributed by atoms with Crippen LogP contribution in [-0.4, -0.2) is 31.5 Å². The molecule has 0 bridgehead atoms. The second-order valence-corrected chi connectivity index (χ2v) is 7.00. The Bertz CT molecular complexity index is 506. The standard InChI is InChI=1S/C14H16BrCl2NO2/c15-10-1-2-11(13(17)12(10)16)18-9-3-5-20-14(7-9)4-6-19-8-14/h1-2,9,18H,3-8H2. The molecule has 6 heteroatoms. The van der Waals surface area contributed by atoms with E-state index in [9.17, 15) is 0 Å². The zero-order valence-corrected chi connectivity index (χ0v) is 14.0. The fourth-order valence-electron chi connectivity index (χ4n) is 2.87. The minimum atomic E-state index is -0.110. The predicted molar refractivity (Wildman–Crippen MR) is 84.9 cm³/mol. The number of ether oxygens (including phenoxy) is 2. The molecule has 1 N–H and O–H groups in total. The third-order valence-corrected chi connectivity index (χ3v) is 5.73. The van der Waals surface area contributed by atoms with E-state index < -0.39 is 0 Å². The minimum absolute atomic E-state index is 0.110. The van der Waals surface area contributed by atoms with Crippen LogP contribution in [0.3, 0.4) is 0 Å². The first-order valence-corrected chi connectivity index (χ1v) is 8.26. The van der Waals surface area contributed by atoms with Crippen LogP contribution >= 0.6 is 39.1 Å². The van der Waals surface area contributed by atoms with Crippen LogP contribution in [-0.2, 0) is 9.47 Å². The molecule has 2 unspecified atom stereocenters. The van der Waals surface area contributed by atoms with E-state index in [0.29, 0.717) is 22.7 Å². The lowest BCUT2D eigenvalue weighted by molar-refractivity contribution is -0.0828. The highest BCUT2D eigenvalue weighted by Gasteiger charge is 2.41. The second kappa shape index (κ2) is 6.01. The Hall–Kier alpha value is -0.0000000000000000555. The van der Waals surface area contributed by atoms with Gasteiger partial charge >= 0.3 is 0 Å². The lowest BCUT2D eigenvalue weighted by atomic mass is 9.89. The summed E-state index contributed by atoms with van der Waals surface area (Å²) in [6.07, 6.45) is 2.88. The molecule has 20 heavy (non-hydrogen) atoms. The summed E-state index contributed by atoms with van der Waals surface area (Å²) < 4.78 is 12.2. The molecule has 1 aromatic carbocycles. The number of benzene rings is 1. The third-order valence-electron chi connectivity index (χ3n) is 3.95. The van der Waals surface area contributed by atoms with Gasteiger partial charge in [-0.2, -0.15) is 0 Å². The van der Waals surface area contributed by atoms with E-state index in [-0.39, 0.29) is 5.60 Å². The van der Waals surface area contributed by atoms with Gasteiger partial charge < -0.3 is 14.8 Å². The zero-order chi connectivity index (χ0) is 14.2. The lowest BCUT2D eigenvalue weighted by Gasteiger charge is -2.37. The van der Waals surface area contributed by atoms with Crippen LogP contribution in [0.4, 0.5) is 5.69 Å². The molecule has 3 rings (SSSR count). The van der Waals surface area contributed by atoms with E-state index >= 15 is 0 Å². The van der Waals surface area contributed by atoms with Crippen molar-refractivity contribution in [3.8, 4) is 0 Å². The Kier molecular flexibility index (Phi) is 4.48. The molecular formula is C14H16BrCl2NO2. The van der Waals surface area contributed by atoms with E-state index in [4.69, 9.17) is 32.7 Å². The Morgan fingerprint density at radius 3 is 2.85 bits per heavy atom. The van der Waals surface area contributed by atoms with Crippen molar-refractivity contribution in [1.82, 2.24) is 0 Å². The molecule has 0 saturated carbocycles. The van der Waals surface area contributed by atoms with Gasteiger partial charge in [-0.25, -0.2) is 0 Å². The Labute approximate surface area is 137 Å². The summed E-state index contributed by atoms with van der Waals surface area (Å²) in [5.74, 6) is 0. The largest absolute Gasteiger partial charge is 0.381 e. The van der Waals surface area contributed by atoms with Crippen LogP contribution < -0.4 is 5.32 Å². The van der Waals surface area contributed by atoms with E-state index in [0.717, 1.165) is 42.6 Å². The molecule has 110 valence electrons. The molecule has 2 saturated heterocycles. The number of hydrogen-bond donors (Lipinski definition) is 1. The second-order valence-electron chi connectivity index (χ2n) is 5.39. The summed E-state index contributed by atoms with van der Waals surface area (Å²) >= 11 is 15.8. The number of rotatable bonds is 2. The van der Waals surface area contributed by atoms with Gasteiger partial charge in [-0.15, -0.1) is 0 Å². The van der Waals surface area contributed by atoms with Gasteiger partial charge in [0.15, 0.2) is 0 Å². The molecular weight excluding hydrogens is 365 g/mol. The number of nitrogens with one attached hydrogen (secondary N) is 1. The smallest absolute Gasteiger partial charge is 0.0956 e. The van der Waals surface area contributed by atoms with Gasteiger partial charge in [-0.1, -0.05) is 23.2 Å². The molecule has 2 atom stereocenters. The van der Waals surface area contributed by atoms with Gasteiger partial charge in [-0.3, -0.25) is 0 Å². The fourth-order valence-corrected chi connectivity index (χ4v) is 3.70. The van der Waals surface area contributed by atoms with Crippen molar-refractivity contribution in [1.29, 1.82) is 0 Å². The van der Waals surface area contributed by atoms with Gasteiger partial charge in [0.1, 0.15) is 0 Å². The molecule has 0 aliphatic carbocycles. The van der Waals surface area contributed by atoms with Gasteiger partial charge in [0.05, 0.1) is 27.9 Å². The van der Waals surface area contributed by atoms with Crippen LogP contribution in [0.2, 0.25) is 10.0 Å². The highest BCUT2D eigenvalue weighted by atomic mass is 79.9. The summed E-state index contributed by atoms with van der Waals surface area (Å²) in [6.45, 7) is 2.24. The fraction of sp³-hybridized carbons (Fsp3) is 0.571. The summed E-state index contributed by atoms with van der Waals surface area (Å²) in [5, 5.41) is 4.60. The number of anilines is 1. The average molecular weight is 381 g/mol. The molecule has 1 aromatic rings. The predicted octanol–water partition coefficient (Wildman–Crippen LogP) is 4.51. The Morgan fingerprint density at radius 1 is 1.25 bits per heavy atom. The first-order valence-electron chi connectivity index (χ1n) is 6.71. The van der Waals surface area contributed by atoms with Crippen molar-refractivity contribution in [3.63, 3.8) is 0 Å². The Balaban J connectivity index is 1.73. The molecule has 0 amide bonds. The molecule has 2 heterocycles. The maximum absolute atomic E-state index is 6.29. The third kappa shape index (κ3) is 2.95. The Morgan fingerprint density at radius 2 is 2.10 bits per heavy atom. The van der Waals surface area contributed by atoms with Crippen LogP contribution in [0.15, 0.2) is 16.6 Å². The first-order chi connectivity index (χ1) is 9.60. The maximum atomic E-state index is 6.29. The van der Waals surface area contributed by atoms with Crippen molar-refractivity contribution in [2.24, 2.45) is 0 Å². The van der Waals surface area contributed by atoms with Crippen LogP contribution in [0, 0.1) is 0 Å². The maximum Gasteiger partial charge on any atom is 0.0956 e. The number of hydrogen-bond acceptors (Lipinski definition) is 3. The normalized spacial score (nSPS) is 29.9.